The number of aromatic nitrogens is 4. The molecular weight excluding hydrogens is 399 g/mol. The first kappa shape index (κ1) is 19.5. The molecule has 9 heteroatoms. The van der Waals surface area contributed by atoms with E-state index in [9.17, 15) is 13.2 Å². The molecule has 0 radical (unpaired) electrons. The number of nitrogens with zero attached hydrogens (tertiary/aromatic N) is 4. The van der Waals surface area contributed by atoms with Crippen LogP contribution in [-0.2, 0) is 6.18 Å². The van der Waals surface area contributed by atoms with E-state index in [0.29, 0.717) is 21.7 Å². The van der Waals surface area contributed by atoms with Gasteiger partial charge in [-0.05, 0) is 45.0 Å². The number of para-hydroxylation sites is 1. The first-order chi connectivity index (χ1) is 13.6. The molecule has 0 spiro atoms. The molecule has 0 fully saturated rings. The van der Waals surface area contributed by atoms with Crippen LogP contribution in [0.15, 0.2) is 58.5 Å². The SMILES string of the molecule is CC(C)(C)Nc1cccc2c1nc(Sc1ccccc1)c1nnc(C(F)(F)F)n12. The van der Waals surface area contributed by atoms with Crippen LogP contribution >= 0.6 is 11.8 Å². The molecule has 0 bridgehead atoms. The Morgan fingerprint density at radius 2 is 1.66 bits per heavy atom. The van der Waals surface area contributed by atoms with Crippen LogP contribution in [0.1, 0.15) is 26.6 Å². The lowest BCUT2D eigenvalue weighted by atomic mass is 10.1. The van der Waals surface area contributed by atoms with Crippen molar-refractivity contribution in [3.63, 3.8) is 0 Å². The Bertz CT molecular complexity index is 1180. The van der Waals surface area contributed by atoms with E-state index >= 15 is 0 Å². The highest BCUT2D eigenvalue weighted by Crippen LogP contribution is 2.37. The van der Waals surface area contributed by atoms with Gasteiger partial charge in [-0.25, -0.2) is 4.98 Å². The first-order valence-electron chi connectivity index (χ1n) is 8.90. The second kappa shape index (κ2) is 6.91. The summed E-state index contributed by atoms with van der Waals surface area (Å²) in [5, 5.41) is 10.9. The van der Waals surface area contributed by atoms with E-state index in [1.165, 1.54) is 11.8 Å². The molecule has 2 aromatic carbocycles. The van der Waals surface area contributed by atoms with E-state index < -0.39 is 12.0 Å². The lowest BCUT2D eigenvalue weighted by molar-refractivity contribution is -0.145. The van der Waals surface area contributed by atoms with Crippen LogP contribution in [0.4, 0.5) is 18.9 Å². The van der Waals surface area contributed by atoms with Crippen molar-refractivity contribution in [1.82, 2.24) is 19.6 Å². The van der Waals surface area contributed by atoms with Crippen molar-refractivity contribution in [2.45, 2.75) is 42.4 Å². The summed E-state index contributed by atoms with van der Waals surface area (Å²) in [6.45, 7) is 5.93. The van der Waals surface area contributed by atoms with Gasteiger partial charge in [0, 0.05) is 10.4 Å². The summed E-state index contributed by atoms with van der Waals surface area (Å²) in [5.74, 6) is -1.07. The average Bonchev–Trinajstić information content (AvgIpc) is 3.08. The van der Waals surface area contributed by atoms with E-state index in [1.807, 2.05) is 51.1 Å². The molecule has 4 rings (SSSR count). The lowest BCUT2D eigenvalue weighted by Crippen LogP contribution is -2.26. The fraction of sp³-hybridized carbons (Fsp3) is 0.250. The molecule has 2 aromatic heterocycles. The molecule has 0 aliphatic heterocycles. The van der Waals surface area contributed by atoms with E-state index in [1.54, 1.807) is 18.2 Å². The molecule has 4 aromatic rings. The summed E-state index contributed by atoms with van der Waals surface area (Å²) in [4.78, 5) is 5.53. The highest BCUT2D eigenvalue weighted by Gasteiger charge is 2.38. The average molecular weight is 417 g/mol. The molecule has 0 aliphatic rings. The van der Waals surface area contributed by atoms with Gasteiger partial charge in [0.1, 0.15) is 10.5 Å². The molecule has 29 heavy (non-hydrogen) atoms. The fourth-order valence-corrected chi connectivity index (χ4v) is 3.87. The fourth-order valence-electron chi connectivity index (χ4n) is 2.99. The smallest absolute Gasteiger partial charge is 0.379 e. The van der Waals surface area contributed by atoms with Gasteiger partial charge in [-0.3, -0.25) is 4.40 Å². The monoisotopic (exact) mass is 417 g/mol. The van der Waals surface area contributed by atoms with Crippen molar-refractivity contribution in [1.29, 1.82) is 0 Å². The van der Waals surface area contributed by atoms with Crippen LogP contribution in [-0.4, -0.2) is 25.1 Å². The second-order valence-corrected chi connectivity index (χ2v) is 8.62. The van der Waals surface area contributed by atoms with Gasteiger partial charge in [0.05, 0.1) is 11.2 Å². The van der Waals surface area contributed by atoms with E-state index in [4.69, 9.17) is 0 Å². The number of anilines is 1. The molecular formula is C20H18F3N5S. The number of fused-ring (bicyclic) bond motifs is 3. The van der Waals surface area contributed by atoms with E-state index in [-0.39, 0.29) is 11.2 Å². The maximum atomic E-state index is 13.6. The molecule has 0 saturated heterocycles. The summed E-state index contributed by atoms with van der Waals surface area (Å²) >= 11 is 1.25. The molecule has 0 atom stereocenters. The Kier molecular flexibility index (Phi) is 4.65. The van der Waals surface area contributed by atoms with Gasteiger partial charge < -0.3 is 5.32 Å². The van der Waals surface area contributed by atoms with Gasteiger partial charge in [-0.1, -0.05) is 36.0 Å². The molecule has 0 unspecified atom stereocenters. The van der Waals surface area contributed by atoms with Crippen LogP contribution in [0.25, 0.3) is 16.7 Å². The number of benzene rings is 2. The Morgan fingerprint density at radius 3 is 2.31 bits per heavy atom. The maximum Gasteiger partial charge on any atom is 0.452 e. The summed E-state index contributed by atoms with van der Waals surface area (Å²) in [7, 11) is 0. The maximum absolute atomic E-state index is 13.6. The van der Waals surface area contributed by atoms with Gasteiger partial charge >= 0.3 is 6.18 Å². The highest BCUT2D eigenvalue weighted by atomic mass is 32.2. The number of alkyl halides is 3. The number of nitrogens with one attached hydrogen (secondary N) is 1. The second-order valence-electron chi connectivity index (χ2n) is 7.56. The topological polar surface area (TPSA) is 55.1 Å². The summed E-state index contributed by atoms with van der Waals surface area (Å²) in [5.41, 5.74) is 1.15. The normalized spacial score (nSPS) is 12.6. The van der Waals surface area contributed by atoms with Gasteiger partial charge in [0.2, 0.25) is 5.82 Å². The lowest BCUT2D eigenvalue weighted by Gasteiger charge is -2.23. The van der Waals surface area contributed by atoms with E-state index in [2.05, 4.69) is 20.5 Å². The van der Waals surface area contributed by atoms with Crippen molar-refractivity contribution >= 4 is 34.1 Å². The zero-order chi connectivity index (χ0) is 20.8. The molecule has 150 valence electrons. The zero-order valence-electron chi connectivity index (χ0n) is 15.9. The molecule has 2 heterocycles. The third-order valence-electron chi connectivity index (χ3n) is 4.04. The van der Waals surface area contributed by atoms with Gasteiger partial charge in [-0.2, -0.15) is 13.2 Å². The first-order valence-corrected chi connectivity index (χ1v) is 9.71. The van der Waals surface area contributed by atoms with Crippen molar-refractivity contribution in [2.24, 2.45) is 0 Å². The van der Waals surface area contributed by atoms with Crippen molar-refractivity contribution in [2.75, 3.05) is 5.32 Å². The molecule has 0 aliphatic carbocycles. The summed E-state index contributed by atoms with van der Waals surface area (Å²) in [6, 6.07) is 14.4. The number of rotatable bonds is 3. The quantitative estimate of drug-likeness (QED) is 0.466. The van der Waals surface area contributed by atoms with Crippen molar-refractivity contribution < 1.29 is 13.2 Å². The predicted molar refractivity (Wildman–Crippen MR) is 107 cm³/mol. The summed E-state index contributed by atoms with van der Waals surface area (Å²) < 4.78 is 42.0. The minimum absolute atomic E-state index is 0.0755. The third-order valence-corrected chi connectivity index (χ3v) is 5.02. The predicted octanol–water partition coefficient (Wildman–Crippen LogP) is 5.66. The minimum atomic E-state index is -4.64. The van der Waals surface area contributed by atoms with Crippen molar-refractivity contribution in [3.8, 4) is 0 Å². The molecule has 0 amide bonds. The van der Waals surface area contributed by atoms with Crippen LogP contribution in [0, 0.1) is 0 Å². The van der Waals surface area contributed by atoms with Crippen molar-refractivity contribution in [3.05, 3.63) is 54.4 Å². The third kappa shape index (κ3) is 3.87. The van der Waals surface area contributed by atoms with E-state index in [0.717, 1.165) is 9.30 Å². The Morgan fingerprint density at radius 1 is 0.931 bits per heavy atom. The zero-order valence-corrected chi connectivity index (χ0v) is 16.8. The number of hydrogen-bond donors (Lipinski definition) is 1. The highest BCUT2D eigenvalue weighted by molar-refractivity contribution is 7.99. The Balaban J connectivity index is 2.03. The standard InChI is InChI=1S/C20H18F3N5S/c1-19(2,3)25-13-10-7-11-14-15(13)24-17(29-12-8-5-4-6-9-12)16-26-27-18(28(14)16)20(21,22)23/h4-11,25H,1-3H3. The number of halogens is 3. The van der Waals surface area contributed by atoms with Crippen LogP contribution in [0.3, 0.4) is 0 Å². The molecule has 1 N–H and O–H groups in total. The largest absolute Gasteiger partial charge is 0.452 e. The van der Waals surface area contributed by atoms with Gasteiger partial charge in [-0.15, -0.1) is 10.2 Å². The van der Waals surface area contributed by atoms with Gasteiger partial charge in [0.15, 0.2) is 5.65 Å². The molecule has 5 nitrogen and oxygen atoms in total. The van der Waals surface area contributed by atoms with Gasteiger partial charge in [0.25, 0.3) is 0 Å². The molecule has 0 saturated carbocycles. The number of hydrogen-bond acceptors (Lipinski definition) is 5. The Labute approximate surface area is 169 Å². The summed E-state index contributed by atoms with van der Waals surface area (Å²) in [6.07, 6.45) is -4.64. The minimum Gasteiger partial charge on any atom is -0.379 e. The Hall–Kier alpha value is -2.81. The van der Waals surface area contributed by atoms with Crippen LogP contribution in [0.2, 0.25) is 0 Å². The van der Waals surface area contributed by atoms with Crippen LogP contribution < -0.4 is 5.32 Å². The van der Waals surface area contributed by atoms with Crippen LogP contribution in [0.5, 0.6) is 0 Å².